The molecule has 2 heterocycles. The Morgan fingerprint density at radius 3 is 1.97 bits per heavy atom. The molecule has 2 aliphatic rings. The van der Waals surface area contributed by atoms with E-state index in [1.165, 1.54) is 70.9 Å². The van der Waals surface area contributed by atoms with Crippen LogP contribution in [0.3, 0.4) is 0 Å². The third kappa shape index (κ3) is 15.8. The molecule has 0 spiro atoms. The van der Waals surface area contributed by atoms with E-state index < -0.39 is 0 Å². The first-order chi connectivity index (χ1) is 17.8. The van der Waals surface area contributed by atoms with E-state index in [2.05, 4.69) is 56.6 Å². The minimum absolute atomic E-state index is 0.370. The number of hydrogen-bond acceptors (Lipinski definition) is 5. The van der Waals surface area contributed by atoms with Crippen LogP contribution in [-0.2, 0) is 4.79 Å². The van der Waals surface area contributed by atoms with Crippen LogP contribution in [0.4, 0.5) is 0 Å². The standard InChI is InChI=1S/C30H57N5O/c1-2-3-4-5-6-7-8-9-10-11-12-13-14-15-16-17-30(36)35-28-26-34(27-29-35)25-21-32-20-24-33-22-18-31-19-23-33/h6-7,9-10,31-32H,2-5,8,11-29H2,1H3/b7-6-,10-9-. The van der Waals surface area contributed by atoms with Gasteiger partial charge >= 0.3 is 0 Å². The third-order valence-corrected chi connectivity index (χ3v) is 7.49. The summed E-state index contributed by atoms with van der Waals surface area (Å²) in [5.74, 6) is 0.370. The molecule has 6 heteroatoms. The molecule has 0 aromatic carbocycles. The fraction of sp³-hybridized carbons (Fsp3) is 0.833. The van der Waals surface area contributed by atoms with Crippen LogP contribution in [0.25, 0.3) is 0 Å². The van der Waals surface area contributed by atoms with E-state index in [9.17, 15) is 4.79 Å². The van der Waals surface area contributed by atoms with E-state index >= 15 is 0 Å². The summed E-state index contributed by atoms with van der Waals surface area (Å²) in [5, 5.41) is 7.00. The van der Waals surface area contributed by atoms with Crippen LogP contribution in [0.15, 0.2) is 24.3 Å². The number of nitrogens with one attached hydrogen (secondary N) is 2. The van der Waals surface area contributed by atoms with Gasteiger partial charge in [0.25, 0.3) is 0 Å². The fourth-order valence-electron chi connectivity index (χ4n) is 5.00. The number of carbonyl (C=O) groups is 1. The Morgan fingerprint density at radius 1 is 0.722 bits per heavy atom. The third-order valence-electron chi connectivity index (χ3n) is 7.49. The molecule has 0 bridgehead atoms. The number of hydrogen-bond donors (Lipinski definition) is 2. The molecular weight excluding hydrogens is 446 g/mol. The minimum atomic E-state index is 0.370. The summed E-state index contributed by atoms with van der Waals surface area (Å²) in [6.45, 7) is 15.1. The second kappa shape index (κ2) is 21.8. The predicted molar refractivity (Wildman–Crippen MR) is 155 cm³/mol. The quantitative estimate of drug-likeness (QED) is 0.190. The zero-order valence-electron chi connectivity index (χ0n) is 23.5. The maximum Gasteiger partial charge on any atom is 0.222 e. The van der Waals surface area contributed by atoms with Crippen molar-refractivity contribution in [3.63, 3.8) is 0 Å². The highest BCUT2D eigenvalue weighted by molar-refractivity contribution is 5.76. The van der Waals surface area contributed by atoms with Crippen molar-refractivity contribution in [2.45, 2.75) is 84.0 Å². The van der Waals surface area contributed by atoms with E-state index in [1.807, 2.05) is 0 Å². The number of amides is 1. The van der Waals surface area contributed by atoms with Crippen LogP contribution in [-0.4, -0.2) is 99.1 Å². The number of carbonyl (C=O) groups excluding carboxylic acids is 1. The van der Waals surface area contributed by atoms with Crippen LogP contribution in [0.2, 0.25) is 0 Å². The summed E-state index contributed by atoms with van der Waals surface area (Å²) in [6, 6.07) is 0. The summed E-state index contributed by atoms with van der Waals surface area (Å²) < 4.78 is 0. The van der Waals surface area contributed by atoms with Gasteiger partial charge in [-0.2, -0.15) is 0 Å². The number of nitrogens with zero attached hydrogens (tertiary/aromatic N) is 3. The molecule has 0 atom stereocenters. The lowest BCUT2D eigenvalue weighted by Gasteiger charge is -2.35. The molecule has 208 valence electrons. The Morgan fingerprint density at radius 2 is 1.31 bits per heavy atom. The van der Waals surface area contributed by atoms with Gasteiger partial charge in [0.1, 0.15) is 0 Å². The number of piperazine rings is 2. The Hall–Kier alpha value is -1.21. The monoisotopic (exact) mass is 503 g/mol. The summed E-state index contributed by atoms with van der Waals surface area (Å²) in [5.41, 5.74) is 0. The molecular formula is C30H57N5O. The van der Waals surface area contributed by atoms with E-state index in [0.29, 0.717) is 5.91 Å². The van der Waals surface area contributed by atoms with E-state index in [0.717, 1.165) is 84.7 Å². The highest BCUT2D eigenvalue weighted by Gasteiger charge is 2.20. The lowest BCUT2D eigenvalue weighted by molar-refractivity contribution is -0.133. The van der Waals surface area contributed by atoms with Crippen molar-refractivity contribution < 1.29 is 4.79 Å². The van der Waals surface area contributed by atoms with Gasteiger partial charge in [-0.25, -0.2) is 0 Å². The van der Waals surface area contributed by atoms with Gasteiger partial charge in [-0.15, -0.1) is 0 Å². The number of unbranched alkanes of at least 4 members (excludes halogenated alkanes) is 8. The van der Waals surface area contributed by atoms with E-state index in [1.54, 1.807) is 0 Å². The van der Waals surface area contributed by atoms with Gasteiger partial charge in [-0.05, 0) is 38.5 Å². The average Bonchev–Trinajstić information content (AvgIpc) is 2.91. The smallest absolute Gasteiger partial charge is 0.222 e. The molecule has 0 unspecified atom stereocenters. The zero-order valence-corrected chi connectivity index (χ0v) is 23.5. The molecule has 1 amide bonds. The van der Waals surface area contributed by atoms with Gasteiger partial charge in [-0.1, -0.05) is 63.3 Å². The topological polar surface area (TPSA) is 50.9 Å². The second-order valence-electron chi connectivity index (χ2n) is 10.5. The summed E-state index contributed by atoms with van der Waals surface area (Å²) in [4.78, 5) is 19.7. The second-order valence-corrected chi connectivity index (χ2v) is 10.5. The molecule has 0 aromatic heterocycles. The van der Waals surface area contributed by atoms with Gasteiger partial charge < -0.3 is 15.5 Å². The van der Waals surface area contributed by atoms with Gasteiger partial charge in [0.05, 0.1) is 0 Å². The Labute approximate surface area is 222 Å². The number of allylic oxidation sites excluding steroid dienone is 4. The maximum atomic E-state index is 12.6. The summed E-state index contributed by atoms with van der Waals surface area (Å²) in [6.07, 6.45) is 23.6. The van der Waals surface area contributed by atoms with Gasteiger partial charge in [0.2, 0.25) is 5.91 Å². The van der Waals surface area contributed by atoms with Crippen molar-refractivity contribution in [2.75, 3.05) is 78.5 Å². The lowest BCUT2D eigenvalue weighted by Crippen LogP contribution is -2.50. The molecule has 0 aliphatic carbocycles. The van der Waals surface area contributed by atoms with E-state index in [4.69, 9.17) is 0 Å². The number of rotatable bonds is 20. The van der Waals surface area contributed by atoms with Crippen LogP contribution >= 0.6 is 0 Å². The van der Waals surface area contributed by atoms with Crippen molar-refractivity contribution in [1.82, 2.24) is 25.3 Å². The minimum Gasteiger partial charge on any atom is -0.340 e. The molecule has 2 saturated heterocycles. The van der Waals surface area contributed by atoms with Gasteiger partial charge in [0.15, 0.2) is 0 Å². The van der Waals surface area contributed by atoms with Crippen molar-refractivity contribution in [1.29, 1.82) is 0 Å². The Bertz CT molecular complexity index is 580. The molecule has 0 saturated carbocycles. The molecule has 2 rings (SSSR count). The van der Waals surface area contributed by atoms with Crippen LogP contribution in [0.1, 0.15) is 84.0 Å². The largest absolute Gasteiger partial charge is 0.340 e. The van der Waals surface area contributed by atoms with Crippen LogP contribution < -0.4 is 10.6 Å². The summed E-state index contributed by atoms with van der Waals surface area (Å²) in [7, 11) is 0. The normalized spacial score (nSPS) is 18.1. The van der Waals surface area contributed by atoms with Gasteiger partial charge in [-0.3, -0.25) is 14.6 Å². The predicted octanol–water partition coefficient (Wildman–Crippen LogP) is 4.44. The summed E-state index contributed by atoms with van der Waals surface area (Å²) >= 11 is 0. The first-order valence-corrected chi connectivity index (χ1v) is 15.2. The fourth-order valence-corrected chi connectivity index (χ4v) is 5.00. The van der Waals surface area contributed by atoms with Crippen LogP contribution in [0.5, 0.6) is 0 Å². The average molecular weight is 504 g/mol. The van der Waals surface area contributed by atoms with Crippen LogP contribution in [0, 0.1) is 0 Å². The molecule has 2 N–H and O–H groups in total. The molecule has 0 aromatic rings. The highest BCUT2D eigenvalue weighted by atomic mass is 16.2. The SMILES string of the molecule is CCCCC/C=C\C/C=C\CCCCCCCC(=O)N1CCN(CCNCCN2CCNCC2)CC1. The Balaban J connectivity index is 1.35. The van der Waals surface area contributed by atoms with Crippen molar-refractivity contribution in [3.8, 4) is 0 Å². The van der Waals surface area contributed by atoms with Crippen molar-refractivity contribution >= 4 is 5.91 Å². The van der Waals surface area contributed by atoms with E-state index in [-0.39, 0.29) is 0 Å². The molecule has 36 heavy (non-hydrogen) atoms. The lowest BCUT2D eigenvalue weighted by atomic mass is 10.1. The molecule has 6 nitrogen and oxygen atoms in total. The van der Waals surface area contributed by atoms with Crippen molar-refractivity contribution in [2.24, 2.45) is 0 Å². The molecule has 0 radical (unpaired) electrons. The first-order valence-electron chi connectivity index (χ1n) is 15.2. The highest BCUT2D eigenvalue weighted by Crippen LogP contribution is 2.11. The zero-order chi connectivity index (χ0) is 25.5. The molecule has 2 aliphatic heterocycles. The van der Waals surface area contributed by atoms with Crippen molar-refractivity contribution in [3.05, 3.63) is 24.3 Å². The van der Waals surface area contributed by atoms with Gasteiger partial charge in [0, 0.05) is 85.0 Å². The first kappa shape index (κ1) is 31.0. The maximum absolute atomic E-state index is 12.6. The molecule has 2 fully saturated rings. The Kier molecular flexibility index (Phi) is 18.8.